The van der Waals surface area contributed by atoms with Crippen LogP contribution in [0.4, 0.5) is 10.2 Å². The predicted molar refractivity (Wildman–Crippen MR) is 58.3 cm³/mol. The van der Waals surface area contributed by atoms with Gasteiger partial charge in [0.15, 0.2) is 11.6 Å². The Morgan fingerprint density at radius 1 is 1.33 bits per heavy atom. The van der Waals surface area contributed by atoms with Crippen LogP contribution in [0.2, 0.25) is 5.02 Å². The Labute approximate surface area is 93.2 Å². The highest BCUT2D eigenvalue weighted by Gasteiger charge is 2.12. The average Bonchev–Trinajstić information content (AvgIpc) is 2.24. The Balaban J connectivity index is 2.03. The van der Waals surface area contributed by atoms with Crippen molar-refractivity contribution in [3.8, 4) is 0 Å². The third kappa shape index (κ3) is 2.79. The van der Waals surface area contributed by atoms with Gasteiger partial charge in [-0.3, -0.25) is 0 Å². The highest BCUT2D eigenvalue weighted by Crippen LogP contribution is 2.17. The monoisotopic (exact) mass is 229 g/mol. The first-order valence-corrected chi connectivity index (χ1v) is 5.46. The van der Waals surface area contributed by atoms with Crippen molar-refractivity contribution in [2.45, 2.75) is 19.3 Å². The molecule has 2 heterocycles. The number of pyridine rings is 1. The maximum absolute atomic E-state index is 13.4. The van der Waals surface area contributed by atoms with Gasteiger partial charge in [-0.25, -0.2) is 14.4 Å². The molecule has 0 aliphatic carbocycles. The van der Waals surface area contributed by atoms with Crippen LogP contribution in [-0.4, -0.2) is 23.1 Å². The second kappa shape index (κ2) is 4.77. The van der Waals surface area contributed by atoms with Gasteiger partial charge in [0.2, 0.25) is 0 Å². The summed E-state index contributed by atoms with van der Waals surface area (Å²) in [5, 5.41) is 2.31. The molecule has 1 saturated heterocycles. The molecule has 0 amide bonds. The smallest absolute Gasteiger partial charge is 0.176 e. The minimum Gasteiger partial charge on any atom is -0.301 e. The number of piperidine rings is 1. The minimum atomic E-state index is -0.409. The van der Waals surface area contributed by atoms with Gasteiger partial charge in [0.25, 0.3) is 0 Å². The van der Waals surface area contributed by atoms with Crippen molar-refractivity contribution >= 4 is 17.4 Å². The van der Waals surface area contributed by atoms with Crippen LogP contribution in [0.25, 0.3) is 0 Å². The fourth-order valence-electron chi connectivity index (χ4n) is 1.65. The van der Waals surface area contributed by atoms with Crippen LogP contribution in [-0.2, 0) is 0 Å². The van der Waals surface area contributed by atoms with E-state index in [0.29, 0.717) is 5.02 Å². The Hall–Kier alpha value is -0.870. The van der Waals surface area contributed by atoms with Crippen LogP contribution in [0.1, 0.15) is 19.3 Å². The molecule has 1 aliphatic rings. The molecule has 2 rings (SSSR count). The number of hydrogen-bond acceptors (Lipinski definition) is 3. The molecule has 5 heteroatoms. The summed E-state index contributed by atoms with van der Waals surface area (Å²) in [6, 6.07) is 1.26. The molecule has 3 nitrogen and oxygen atoms in total. The zero-order chi connectivity index (χ0) is 10.7. The Morgan fingerprint density at radius 2 is 2.07 bits per heavy atom. The second-order valence-electron chi connectivity index (χ2n) is 3.64. The first-order chi connectivity index (χ1) is 7.25. The van der Waals surface area contributed by atoms with Crippen molar-refractivity contribution in [2.24, 2.45) is 0 Å². The summed E-state index contributed by atoms with van der Waals surface area (Å²) in [7, 11) is 0. The molecule has 0 atom stereocenters. The maximum Gasteiger partial charge on any atom is 0.176 e. The number of hydrazine groups is 1. The van der Waals surface area contributed by atoms with E-state index in [2.05, 4.69) is 10.4 Å². The molecule has 1 aromatic rings. The maximum atomic E-state index is 13.4. The largest absolute Gasteiger partial charge is 0.301 e. The van der Waals surface area contributed by atoms with Crippen LogP contribution in [0.15, 0.2) is 12.3 Å². The standard InChI is InChI=1S/C10H13ClFN3/c11-8-6-9(12)10(13-7-8)14-15-4-2-1-3-5-15/h6-7H,1-5H2,(H,13,14). The zero-order valence-electron chi connectivity index (χ0n) is 8.34. The molecule has 0 aromatic carbocycles. The third-order valence-electron chi connectivity index (χ3n) is 2.43. The lowest BCUT2D eigenvalue weighted by Gasteiger charge is -2.27. The number of nitrogens with one attached hydrogen (secondary N) is 1. The topological polar surface area (TPSA) is 28.2 Å². The van der Waals surface area contributed by atoms with E-state index in [1.165, 1.54) is 18.7 Å². The van der Waals surface area contributed by atoms with E-state index in [1.807, 2.05) is 5.01 Å². The first-order valence-electron chi connectivity index (χ1n) is 5.08. The van der Waals surface area contributed by atoms with Crippen LogP contribution in [0, 0.1) is 5.82 Å². The minimum absolute atomic E-state index is 0.251. The summed E-state index contributed by atoms with van der Waals surface area (Å²) >= 11 is 5.62. The summed E-state index contributed by atoms with van der Waals surface area (Å²) in [6.07, 6.45) is 4.97. The molecule has 1 fully saturated rings. The van der Waals surface area contributed by atoms with Crippen molar-refractivity contribution in [3.63, 3.8) is 0 Å². The summed E-state index contributed by atoms with van der Waals surface area (Å²) < 4.78 is 13.4. The van der Waals surface area contributed by atoms with E-state index in [1.54, 1.807) is 0 Å². The van der Waals surface area contributed by atoms with Gasteiger partial charge in [-0.2, -0.15) is 0 Å². The fourth-order valence-corrected chi connectivity index (χ4v) is 1.80. The predicted octanol–water partition coefficient (Wildman–Crippen LogP) is 2.69. The van der Waals surface area contributed by atoms with Gasteiger partial charge in [-0.1, -0.05) is 18.0 Å². The van der Waals surface area contributed by atoms with Gasteiger partial charge in [0, 0.05) is 19.3 Å². The van der Waals surface area contributed by atoms with Crippen molar-refractivity contribution < 1.29 is 4.39 Å². The zero-order valence-corrected chi connectivity index (χ0v) is 9.10. The highest BCUT2D eigenvalue weighted by molar-refractivity contribution is 6.30. The highest BCUT2D eigenvalue weighted by atomic mass is 35.5. The van der Waals surface area contributed by atoms with Crippen molar-refractivity contribution in [2.75, 3.05) is 18.5 Å². The number of halogens is 2. The molecule has 0 radical (unpaired) electrons. The lowest BCUT2D eigenvalue weighted by atomic mass is 10.2. The number of rotatable bonds is 2. The van der Waals surface area contributed by atoms with Gasteiger partial charge in [-0.15, -0.1) is 0 Å². The molecule has 1 aromatic heterocycles. The molecule has 0 saturated carbocycles. The molecule has 0 spiro atoms. The molecule has 1 aliphatic heterocycles. The van der Waals surface area contributed by atoms with Crippen molar-refractivity contribution in [3.05, 3.63) is 23.1 Å². The number of nitrogens with zero attached hydrogens (tertiary/aromatic N) is 2. The number of hydrogen-bond donors (Lipinski definition) is 1. The van der Waals surface area contributed by atoms with Gasteiger partial charge in [0.05, 0.1) is 5.02 Å². The molecule has 15 heavy (non-hydrogen) atoms. The molecule has 0 bridgehead atoms. The molecular formula is C10H13ClFN3. The van der Waals surface area contributed by atoms with Gasteiger partial charge < -0.3 is 5.43 Å². The van der Waals surface area contributed by atoms with E-state index < -0.39 is 5.82 Å². The third-order valence-corrected chi connectivity index (χ3v) is 2.63. The summed E-state index contributed by atoms with van der Waals surface area (Å²) in [5.41, 5.74) is 2.96. The number of anilines is 1. The lowest BCUT2D eigenvalue weighted by Crippen LogP contribution is -2.35. The van der Waals surface area contributed by atoms with Gasteiger partial charge >= 0.3 is 0 Å². The van der Waals surface area contributed by atoms with Crippen LogP contribution < -0.4 is 5.43 Å². The Bertz CT molecular complexity index is 339. The van der Waals surface area contributed by atoms with E-state index in [9.17, 15) is 4.39 Å². The summed E-state index contributed by atoms with van der Waals surface area (Å²) in [6.45, 7) is 1.87. The normalized spacial score (nSPS) is 17.7. The Kier molecular flexibility index (Phi) is 3.38. The van der Waals surface area contributed by atoms with Gasteiger partial charge in [-0.05, 0) is 18.9 Å². The molecular weight excluding hydrogens is 217 g/mol. The summed E-state index contributed by atoms with van der Waals surface area (Å²) in [4.78, 5) is 3.91. The lowest BCUT2D eigenvalue weighted by molar-refractivity contribution is 0.270. The van der Waals surface area contributed by atoms with Crippen molar-refractivity contribution in [1.82, 2.24) is 9.99 Å². The van der Waals surface area contributed by atoms with E-state index >= 15 is 0 Å². The van der Waals surface area contributed by atoms with Gasteiger partial charge in [0.1, 0.15) is 0 Å². The SMILES string of the molecule is Fc1cc(Cl)cnc1NN1CCCCC1. The first kappa shape index (κ1) is 10.6. The van der Waals surface area contributed by atoms with E-state index in [4.69, 9.17) is 11.6 Å². The average molecular weight is 230 g/mol. The second-order valence-corrected chi connectivity index (χ2v) is 4.08. The molecule has 1 N–H and O–H groups in total. The Morgan fingerprint density at radius 3 is 2.73 bits per heavy atom. The van der Waals surface area contributed by atoms with Crippen LogP contribution in [0.5, 0.6) is 0 Å². The fraction of sp³-hybridized carbons (Fsp3) is 0.500. The van der Waals surface area contributed by atoms with E-state index in [-0.39, 0.29) is 5.82 Å². The molecule has 82 valence electrons. The van der Waals surface area contributed by atoms with E-state index in [0.717, 1.165) is 25.9 Å². The van der Waals surface area contributed by atoms with Crippen LogP contribution >= 0.6 is 11.6 Å². The molecule has 0 unspecified atom stereocenters. The van der Waals surface area contributed by atoms with Crippen molar-refractivity contribution in [1.29, 1.82) is 0 Å². The number of aromatic nitrogens is 1. The van der Waals surface area contributed by atoms with Crippen LogP contribution in [0.3, 0.4) is 0 Å². The quantitative estimate of drug-likeness (QED) is 0.845. The summed E-state index contributed by atoms with van der Waals surface area (Å²) in [5.74, 6) is -0.158.